The Morgan fingerprint density at radius 3 is 2.90 bits per heavy atom. The van der Waals surface area contributed by atoms with Gasteiger partial charge in [-0.05, 0) is 43.5 Å². The zero-order valence-electron chi connectivity index (χ0n) is 12.5. The van der Waals surface area contributed by atoms with Gasteiger partial charge in [-0.1, -0.05) is 12.8 Å². The van der Waals surface area contributed by atoms with Crippen molar-refractivity contribution < 1.29 is 4.39 Å². The number of hydrogen-bond acceptors (Lipinski definition) is 2. The lowest BCUT2D eigenvalue weighted by Crippen LogP contribution is -2.29. The van der Waals surface area contributed by atoms with Crippen LogP contribution in [0.5, 0.6) is 0 Å². The summed E-state index contributed by atoms with van der Waals surface area (Å²) in [5.41, 5.74) is 2.53. The summed E-state index contributed by atoms with van der Waals surface area (Å²) in [5.74, 6) is -0.168. The van der Waals surface area contributed by atoms with Crippen molar-refractivity contribution in [1.82, 2.24) is 14.9 Å². The van der Waals surface area contributed by atoms with E-state index >= 15 is 0 Å². The Morgan fingerprint density at radius 2 is 2.14 bits per heavy atom. The van der Waals surface area contributed by atoms with Gasteiger partial charge >= 0.3 is 0 Å². The number of aromatic nitrogens is 2. The summed E-state index contributed by atoms with van der Waals surface area (Å²) in [6.07, 6.45) is 9.22. The van der Waals surface area contributed by atoms with E-state index < -0.39 is 0 Å². The molecular weight excluding hydrogens is 265 g/mol. The molecule has 0 unspecified atom stereocenters. The molecule has 0 saturated heterocycles. The van der Waals surface area contributed by atoms with Gasteiger partial charge in [-0.2, -0.15) is 0 Å². The summed E-state index contributed by atoms with van der Waals surface area (Å²) < 4.78 is 15.4. The number of halogens is 1. The number of benzene rings is 1. The lowest BCUT2D eigenvalue weighted by atomic mass is 10.1. The number of hydrogen-bond donors (Lipinski definition) is 1. The predicted molar refractivity (Wildman–Crippen MR) is 82.6 cm³/mol. The molecule has 2 aromatic rings. The first kappa shape index (κ1) is 14.3. The van der Waals surface area contributed by atoms with Crippen molar-refractivity contribution in [2.75, 3.05) is 6.54 Å². The van der Waals surface area contributed by atoms with E-state index in [4.69, 9.17) is 0 Å². The van der Waals surface area contributed by atoms with Crippen molar-refractivity contribution in [3.05, 3.63) is 42.1 Å². The van der Waals surface area contributed by atoms with Gasteiger partial charge in [0.05, 0.1) is 12.0 Å². The van der Waals surface area contributed by atoms with Crippen molar-refractivity contribution in [2.24, 2.45) is 0 Å². The molecule has 0 atom stereocenters. The number of nitrogens with zero attached hydrogens (tertiary/aromatic N) is 2. The van der Waals surface area contributed by atoms with Crippen LogP contribution in [0.4, 0.5) is 4.39 Å². The molecule has 1 aliphatic rings. The van der Waals surface area contributed by atoms with E-state index in [0.29, 0.717) is 11.6 Å². The SMILES string of the molecule is Cc1cc(-c2cn(CCNC3CCCC3)cn2)ccc1F. The zero-order chi connectivity index (χ0) is 14.7. The fourth-order valence-corrected chi connectivity index (χ4v) is 2.96. The number of imidazole rings is 1. The molecule has 1 aromatic heterocycles. The standard InChI is InChI=1S/C17H22FN3/c1-13-10-14(6-7-16(13)18)17-11-21(12-20-17)9-8-19-15-4-2-3-5-15/h6-7,10-12,15,19H,2-5,8-9H2,1H3. The molecule has 0 bridgehead atoms. The fourth-order valence-electron chi connectivity index (χ4n) is 2.96. The van der Waals surface area contributed by atoms with Crippen LogP contribution in [0.15, 0.2) is 30.7 Å². The molecule has 1 N–H and O–H groups in total. The van der Waals surface area contributed by atoms with Gasteiger partial charge in [-0.3, -0.25) is 0 Å². The average molecular weight is 287 g/mol. The summed E-state index contributed by atoms with van der Waals surface area (Å²) in [7, 11) is 0. The maximum atomic E-state index is 13.3. The Balaban J connectivity index is 1.58. The molecule has 0 aliphatic heterocycles. The van der Waals surface area contributed by atoms with Crippen molar-refractivity contribution in [3.63, 3.8) is 0 Å². The molecular formula is C17H22FN3. The van der Waals surface area contributed by atoms with E-state index in [0.717, 1.165) is 24.3 Å². The summed E-state index contributed by atoms with van der Waals surface area (Å²) in [6.45, 7) is 3.67. The van der Waals surface area contributed by atoms with Gasteiger partial charge in [0.2, 0.25) is 0 Å². The molecule has 3 nitrogen and oxygen atoms in total. The van der Waals surface area contributed by atoms with E-state index in [-0.39, 0.29) is 5.82 Å². The summed E-state index contributed by atoms with van der Waals surface area (Å²) in [5, 5.41) is 3.60. The molecule has 112 valence electrons. The molecule has 1 saturated carbocycles. The Labute approximate surface area is 125 Å². The van der Waals surface area contributed by atoms with Gasteiger partial charge in [0.1, 0.15) is 5.82 Å². The van der Waals surface area contributed by atoms with Gasteiger partial charge in [-0.25, -0.2) is 9.37 Å². The molecule has 0 radical (unpaired) electrons. The maximum Gasteiger partial charge on any atom is 0.126 e. The predicted octanol–water partition coefficient (Wildman–Crippen LogP) is 3.53. The minimum Gasteiger partial charge on any atom is -0.336 e. The average Bonchev–Trinajstić information content (AvgIpc) is 3.13. The Bertz CT molecular complexity index is 600. The smallest absolute Gasteiger partial charge is 0.126 e. The third-order valence-electron chi connectivity index (χ3n) is 4.25. The Morgan fingerprint density at radius 1 is 1.33 bits per heavy atom. The molecule has 0 amide bonds. The van der Waals surface area contributed by atoms with Crippen molar-refractivity contribution in [1.29, 1.82) is 0 Å². The van der Waals surface area contributed by atoms with Crippen LogP contribution in [0.1, 0.15) is 31.2 Å². The largest absolute Gasteiger partial charge is 0.336 e. The lowest BCUT2D eigenvalue weighted by molar-refractivity contribution is 0.497. The van der Waals surface area contributed by atoms with Crippen LogP contribution in [0, 0.1) is 12.7 Å². The maximum absolute atomic E-state index is 13.3. The number of nitrogens with one attached hydrogen (secondary N) is 1. The van der Waals surface area contributed by atoms with Gasteiger partial charge in [0, 0.05) is 30.9 Å². The minimum atomic E-state index is -0.168. The van der Waals surface area contributed by atoms with Crippen LogP contribution in [-0.4, -0.2) is 22.1 Å². The highest BCUT2D eigenvalue weighted by Crippen LogP contribution is 2.20. The summed E-state index contributed by atoms with van der Waals surface area (Å²) in [4.78, 5) is 4.42. The summed E-state index contributed by atoms with van der Waals surface area (Å²) >= 11 is 0. The molecule has 3 rings (SSSR count). The van der Waals surface area contributed by atoms with Crippen molar-refractivity contribution in [3.8, 4) is 11.3 Å². The van der Waals surface area contributed by atoms with E-state index in [1.165, 1.54) is 31.7 Å². The van der Waals surface area contributed by atoms with E-state index in [1.54, 1.807) is 13.0 Å². The van der Waals surface area contributed by atoms with Gasteiger partial charge in [0.15, 0.2) is 0 Å². The highest BCUT2D eigenvalue weighted by Gasteiger charge is 2.13. The monoisotopic (exact) mass is 287 g/mol. The molecule has 4 heteroatoms. The number of rotatable bonds is 5. The Hall–Kier alpha value is -1.68. The molecule has 21 heavy (non-hydrogen) atoms. The second-order valence-corrected chi connectivity index (χ2v) is 5.90. The van der Waals surface area contributed by atoms with E-state index in [1.807, 2.05) is 18.6 Å². The first-order valence-corrected chi connectivity index (χ1v) is 7.74. The molecule has 1 aromatic carbocycles. The highest BCUT2D eigenvalue weighted by molar-refractivity contribution is 5.59. The van der Waals surface area contributed by atoms with Crippen LogP contribution in [-0.2, 0) is 6.54 Å². The second-order valence-electron chi connectivity index (χ2n) is 5.90. The molecule has 1 heterocycles. The van der Waals surface area contributed by atoms with Gasteiger partial charge in [-0.15, -0.1) is 0 Å². The molecule has 0 spiro atoms. The molecule has 1 aliphatic carbocycles. The third kappa shape index (κ3) is 3.50. The fraction of sp³-hybridized carbons (Fsp3) is 0.471. The Kier molecular flexibility index (Phi) is 4.34. The lowest BCUT2D eigenvalue weighted by Gasteiger charge is -2.11. The summed E-state index contributed by atoms with van der Waals surface area (Å²) in [6, 6.07) is 5.84. The minimum absolute atomic E-state index is 0.168. The van der Waals surface area contributed by atoms with Crippen LogP contribution in [0.3, 0.4) is 0 Å². The van der Waals surface area contributed by atoms with Crippen LogP contribution < -0.4 is 5.32 Å². The van der Waals surface area contributed by atoms with E-state index in [9.17, 15) is 4.39 Å². The quantitative estimate of drug-likeness (QED) is 0.911. The van der Waals surface area contributed by atoms with Crippen molar-refractivity contribution >= 4 is 0 Å². The van der Waals surface area contributed by atoms with Crippen LogP contribution in [0.25, 0.3) is 11.3 Å². The van der Waals surface area contributed by atoms with Gasteiger partial charge < -0.3 is 9.88 Å². The normalized spacial score (nSPS) is 15.7. The van der Waals surface area contributed by atoms with Gasteiger partial charge in [0.25, 0.3) is 0 Å². The first-order chi connectivity index (χ1) is 10.2. The van der Waals surface area contributed by atoms with Crippen LogP contribution in [0.2, 0.25) is 0 Å². The second kappa shape index (κ2) is 6.39. The van der Waals surface area contributed by atoms with Crippen molar-refractivity contribution in [2.45, 2.75) is 45.2 Å². The highest BCUT2D eigenvalue weighted by atomic mass is 19.1. The first-order valence-electron chi connectivity index (χ1n) is 7.74. The third-order valence-corrected chi connectivity index (χ3v) is 4.25. The zero-order valence-corrected chi connectivity index (χ0v) is 12.5. The topological polar surface area (TPSA) is 29.9 Å². The molecule has 1 fully saturated rings. The number of aryl methyl sites for hydroxylation is 1. The van der Waals surface area contributed by atoms with E-state index in [2.05, 4.69) is 14.9 Å². The van der Waals surface area contributed by atoms with Crippen LogP contribution >= 0.6 is 0 Å².